The second-order valence-corrected chi connectivity index (χ2v) is 8.97. The topological polar surface area (TPSA) is 131 Å². The molecule has 0 spiro atoms. The first-order valence-corrected chi connectivity index (χ1v) is 11.6. The van der Waals surface area contributed by atoms with Crippen molar-refractivity contribution in [2.45, 2.75) is 17.3 Å². The van der Waals surface area contributed by atoms with E-state index in [4.69, 9.17) is 4.74 Å². The van der Waals surface area contributed by atoms with Gasteiger partial charge in [-0.05, 0) is 61.5 Å². The molecule has 0 aliphatic carbocycles. The summed E-state index contributed by atoms with van der Waals surface area (Å²) in [6.07, 6.45) is 3.39. The molecule has 3 aromatic heterocycles. The Morgan fingerprint density at radius 1 is 1.03 bits per heavy atom. The van der Waals surface area contributed by atoms with Crippen LogP contribution in [-0.2, 0) is 4.79 Å². The Morgan fingerprint density at radius 2 is 1.77 bits per heavy atom. The first-order chi connectivity index (χ1) is 17.0. The van der Waals surface area contributed by atoms with Crippen LogP contribution in [0.1, 0.15) is 6.92 Å². The van der Waals surface area contributed by atoms with Crippen molar-refractivity contribution >= 4 is 34.4 Å². The first kappa shape index (κ1) is 22.4. The Labute approximate surface area is 203 Å². The fraction of sp³-hybridized carbons (Fsp3) is 0.125. The zero-order valence-electron chi connectivity index (χ0n) is 18.9. The first-order valence-electron chi connectivity index (χ1n) is 10.7. The van der Waals surface area contributed by atoms with Crippen LogP contribution in [0.3, 0.4) is 0 Å². The third-order valence-electron chi connectivity index (χ3n) is 5.34. The summed E-state index contributed by atoms with van der Waals surface area (Å²) in [4.78, 5) is 33.9. The minimum atomic E-state index is -0.484. The number of anilines is 1. The molecule has 11 heteroatoms. The van der Waals surface area contributed by atoms with Gasteiger partial charge in [-0.3, -0.25) is 14.3 Å². The number of carbonyl (C=O) groups is 1. The van der Waals surface area contributed by atoms with Crippen LogP contribution < -0.4 is 15.7 Å². The Balaban J connectivity index is 1.42. The van der Waals surface area contributed by atoms with Gasteiger partial charge in [0.05, 0.1) is 23.4 Å². The van der Waals surface area contributed by atoms with Crippen LogP contribution in [-0.4, -0.2) is 48.0 Å². The van der Waals surface area contributed by atoms with E-state index >= 15 is 0 Å². The van der Waals surface area contributed by atoms with E-state index in [0.29, 0.717) is 27.7 Å². The molecule has 176 valence electrons. The molecular weight excluding hydrogens is 466 g/mol. The molecular formula is C24H21N7O3S. The highest BCUT2D eigenvalue weighted by atomic mass is 32.2. The summed E-state index contributed by atoms with van der Waals surface area (Å²) < 4.78 is 7.19. The molecule has 35 heavy (non-hydrogen) atoms. The van der Waals surface area contributed by atoms with Crippen molar-refractivity contribution in [3.05, 3.63) is 77.5 Å². The average molecular weight is 488 g/mol. The van der Waals surface area contributed by atoms with Crippen LogP contribution in [0.15, 0.2) is 76.9 Å². The van der Waals surface area contributed by atoms with Crippen LogP contribution in [0.25, 0.3) is 28.1 Å². The van der Waals surface area contributed by atoms with Crippen LogP contribution in [0.4, 0.5) is 5.69 Å². The quantitative estimate of drug-likeness (QED) is 0.299. The Bertz CT molecular complexity index is 1540. The standard InChI is InChI=1S/C24H21N7O3S/c1-14(22(32)26-16-3-8-19-20(13-16)28-23(33)27-19)35-24-30-29-21(15-9-11-25-12-10-15)31(24)17-4-6-18(34-2)7-5-17/h3-14H,1-2H3,(H,26,32)(H2,27,28,33). The predicted octanol–water partition coefficient (Wildman–Crippen LogP) is 3.63. The number of aromatic amines is 2. The monoisotopic (exact) mass is 487 g/mol. The third-order valence-corrected chi connectivity index (χ3v) is 6.38. The van der Waals surface area contributed by atoms with Gasteiger partial charge < -0.3 is 20.0 Å². The van der Waals surface area contributed by atoms with E-state index in [0.717, 1.165) is 17.0 Å². The van der Waals surface area contributed by atoms with Crippen LogP contribution in [0.2, 0.25) is 0 Å². The summed E-state index contributed by atoms with van der Waals surface area (Å²) in [6.45, 7) is 1.80. The van der Waals surface area contributed by atoms with Crippen molar-refractivity contribution in [2.24, 2.45) is 0 Å². The summed E-state index contributed by atoms with van der Waals surface area (Å²) >= 11 is 1.29. The second-order valence-electron chi connectivity index (χ2n) is 7.66. The molecule has 1 atom stereocenters. The largest absolute Gasteiger partial charge is 0.497 e. The SMILES string of the molecule is COc1ccc(-n2c(SC(C)C(=O)Nc3ccc4[nH]c(=O)[nH]c4c3)nnc2-c2ccncc2)cc1. The molecule has 0 aliphatic rings. The maximum Gasteiger partial charge on any atom is 0.323 e. The number of H-pyrrole nitrogens is 2. The minimum Gasteiger partial charge on any atom is -0.497 e. The number of ether oxygens (including phenoxy) is 1. The van der Waals surface area contributed by atoms with E-state index in [9.17, 15) is 9.59 Å². The van der Waals surface area contributed by atoms with E-state index in [1.54, 1.807) is 44.6 Å². The molecule has 0 fully saturated rings. The lowest BCUT2D eigenvalue weighted by atomic mass is 10.2. The number of carbonyl (C=O) groups excluding carboxylic acids is 1. The molecule has 10 nitrogen and oxygen atoms in total. The van der Waals surface area contributed by atoms with Crippen LogP contribution in [0.5, 0.6) is 5.75 Å². The number of aromatic nitrogens is 6. The van der Waals surface area contributed by atoms with Crippen LogP contribution in [0, 0.1) is 0 Å². The summed E-state index contributed by atoms with van der Waals surface area (Å²) in [6, 6.07) is 16.4. The smallest absolute Gasteiger partial charge is 0.323 e. The molecule has 0 aliphatic heterocycles. The zero-order valence-corrected chi connectivity index (χ0v) is 19.7. The van der Waals surface area contributed by atoms with Gasteiger partial charge >= 0.3 is 5.69 Å². The van der Waals surface area contributed by atoms with Gasteiger partial charge in [0.15, 0.2) is 11.0 Å². The highest BCUT2D eigenvalue weighted by molar-refractivity contribution is 8.00. The van der Waals surface area contributed by atoms with Crippen molar-refractivity contribution in [3.8, 4) is 22.8 Å². The fourth-order valence-corrected chi connectivity index (χ4v) is 4.43. The molecule has 5 aromatic rings. The summed E-state index contributed by atoms with van der Waals surface area (Å²) in [5, 5.41) is 11.8. The molecule has 0 saturated heterocycles. The van der Waals surface area contributed by atoms with E-state index in [-0.39, 0.29) is 11.6 Å². The van der Waals surface area contributed by atoms with Gasteiger partial charge in [0.2, 0.25) is 5.91 Å². The number of pyridine rings is 1. The molecule has 2 aromatic carbocycles. The van der Waals surface area contributed by atoms with Crippen molar-refractivity contribution < 1.29 is 9.53 Å². The lowest BCUT2D eigenvalue weighted by molar-refractivity contribution is -0.115. The molecule has 1 amide bonds. The highest BCUT2D eigenvalue weighted by Gasteiger charge is 2.22. The molecule has 0 radical (unpaired) electrons. The third kappa shape index (κ3) is 4.66. The number of methoxy groups -OCH3 is 1. The predicted molar refractivity (Wildman–Crippen MR) is 134 cm³/mol. The van der Waals surface area contributed by atoms with Gasteiger partial charge in [-0.25, -0.2) is 4.79 Å². The number of nitrogens with zero attached hydrogens (tertiary/aromatic N) is 4. The summed E-state index contributed by atoms with van der Waals surface area (Å²) in [5.41, 5.74) is 3.26. The molecule has 0 bridgehead atoms. The van der Waals surface area contributed by atoms with Gasteiger partial charge in [0.1, 0.15) is 5.75 Å². The van der Waals surface area contributed by atoms with E-state index < -0.39 is 5.25 Å². The Morgan fingerprint density at radius 3 is 2.51 bits per heavy atom. The van der Waals surface area contributed by atoms with E-state index in [1.807, 2.05) is 41.0 Å². The maximum absolute atomic E-state index is 13.0. The zero-order chi connectivity index (χ0) is 24.4. The number of imidazole rings is 1. The average Bonchev–Trinajstić information content (AvgIpc) is 3.46. The maximum atomic E-state index is 13.0. The van der Waals surface area contributed by atoms with Gasteiger partial charge in [-0.1, -0.05) is 11.8 Å². The minimum absolute atomic E-state index is 0.207. The molecule has 3 N–H and O–H groups in total. The number of amides is 1. The number of fused-ring (bicyclic) bond motifs is 1. The number of benzene rings is 2. The normalized spacial score (nSPS) is 11.9. The fourth-order valence-electron chi connectivity index (χ4n) is 3.56. The number of hydrogen-bond acceptors (Lipinski definition) is 7. The molecule has 5 rings (SSSR count). The number of thioether (sulfide) groups is 1. The second kappa shape index (κ2) is 9.47. The lowest BCUT2D eigenvalue weighted by Crippen LogP contribution is -2.22. The number of hydrogen-bond donors (Lipinski definition) is 3. The molecule has 0 saturated carbocycles. The number of rotatable bonds is 7. The van der Waals surface area contributed by atoms with Gasteiger partial charge in [0.25, 0.3) is 0 Å². The van der Waals surface area contributed by atoms with Crippen LogP contribution >= 0.6 is 11.8 Å². The Hall–Kier alpha value is -4.38. The van der Waals surface area contributed by atoms with E-state index in [2.05, 4.69) is 30.5 Å². The summed E-state index contributed by atoms with van der Waals surface area (Å²) in [5.74, 6) is 1.16. The Kier molecular flexibility index (Phi) is 6.06. The number of nitrogens with one attached hydrogen (secondary N) is 3. The van der Waals surface area contributed by atoms with E-state index in [1.165, 1.54) is 11.8 Å². The van der Waals surface area contributed by atoms with Gasteiger partial charge in [-0.15, -0.1) is 10.2 Å². The van der Waals surface area contributed by atoms with Crippen molar-refractivity contribution in [1.82, 2.24) is 29.7 Å². The highest BCUT2D eigenvalue weighted by Crippen LogP contribution is 2.31. The summed E-state index contributed by atoms with van der Waals surface area (Å²) in [7, 11) is 1.61. The molecule has 3 heterocycles. The lowest BCUT2D eigenvalue weighted by Gasteiger charge is -2.14. The van der Waals surface area contributed by atoms with Gasteiger partial charge in [-0.2, -0.15) is 0 Å². The van der Waals surface area contributed by atoms with Gasteiger partial charge in [0, 0.05) is 29.3 Å². The molecule has 1 unspecified atom stereocenters. The van der Waals surface area contributed by atoms with Crippen molar-refractivity contribution in [2.75, 3.05) is 12.4 Å². The van der Waals surface area contributed by atoms with Crippen molar-refractivity contribution in [1.29, 1.82) is 0 Å². The van der Waals surface area contributed by atoms with Crippen molar-refractivity contribution in [3.63, 3.8) is 0 Å².